The van der Waals surface area contributed by atoms with Crippen LogP contribution < -0.4 is 19.7 Å². The maximum atomic E-state index is 11.2. The van der Waals surface area contributed by atoms with Crippen LogP contribution in [0.2, 0.25) is 0 Å². The molecule has 0 saturated carbocycles. The number of hydrogen-bond acceptors (Lipinski definition) is 8. The first-order chi connectivity index (χ1) is 14.6. The number of thiophene rings is 1. The second-order valence-electron chi connectivity index (χ2n) is 7.59. The summed E-state index contributed by atoms with van der Waals surface area (Å²) in [6.07, 6.45) is 1.22. The molecule has 0 spiro atoms. The summed E-state index contributed by atoms with van der Waals surface area (Å²) in [4.78, 5) is 25.0. The number of nitrogens with one attached hydrogen (secondary N) is 1. The SMILES string of the molecule is Cc1cc2c(NCc3ccc4c(c3)OCO4)nc(N3CCC(C(=O)O)CC3)nc2s1. The van der Waals surface area contributed by atoms with E-state index in [2.05, 4.69) is 23.2 Å². The van der Waals surface area contributed by atoms with Crippen LogP contribution in [0, 0.1) is 12.8 Å². The first kappa shape index (κ1) is 18.9. The Morgan fingerprint density at radius 2 is 2.03 bits per heavy atom. The van der Waals surface area contributed by atoms with Crippen LogP contribution in [0.15, 0.2) is 24.3 Å². The number of benzene rings is 1. The molecule has 9 heteroatoms. The molecule has 1 saturated heterocycles. The molecule has 2 aliphatic rings. The highest BCUT2D eigenvalue weighted by atomic mass is 32.1. The van der Waals surface area contributed by atoms with E-state index in [-0.39, 0.29) is 12.7 Å². The summed E-state index contributed by atoms with van der Waals surface area (Å²) >= 11 is 1.64. The van der Waals surface area contributed by atoms with E-state index in [0.717, 1.165) is 33.1 Å². The second-order valence-corrected chi connectivity index (χ2v) is 8.82. The van der Waals surface area contributed by atoms with Crippen molar-refractivity contribution < 1.29 is 19.4 Å². The van der Waals surface area contributed by atoms with Crippen molar-refractivity contribution in [1.29, 1.82) is 0 Å². The molecule has 0 aliphatic carbocycles. The van der Waals surface area contributed by atoms with Gasteiger partial charge >= 0.3 is 5.97 Å². The number of piperidine rings is 1. The van der Waals surface area contributed by atoms with Gasteiger partial charge in [0.15, 0.2) is 11.5 Å². The van der Waals surface area contributed by atoms with Crippen molar-refractivity contribution in [3.8, 4) is 11.5 Å². The van der Waals surface area contributed by atoms with Gasteiger partial charge in [0.25, 0.3) is 0 Å². The van der Waals surface area contributed by atoms with Gasteiger partial charge in [-0.05, 0) is 43.5 Å². The fraction of sp³-hybridized carbons (Fsp3) is 0.381. The molecule has 4 heterocycles. The van der Waals surface area contributed by atoms with Gasteiger partial charge in [-0.15, -0.1) is 11.3 Å². The lowest BCUT2D eigenvalue weighted by Crippen LogP contribution is -2.37. The number of fused-ring (bicyclic) bond motifs is 2. The maximum absolute atomic E-state index is 11.2. The van der Waals surface area contributed by atoms with E-state index in [4.69, 9.17) is 19.4 Å². The number of rotatable bonds is 5. The molecule has 156 valence electrons. The van der Waals surface area contributed by atoms with E-state index >= 15 is 0 Å². The zero-order chi connectivity index (χ0) is 20.7. The van der Waals surface area contributed by atoms with Crippen LogP contribution in [0.3, 0.4) is 0 Å². The lowest BCUT2D eigenvalue weighted by atomic mass is 9.97. The lowest BCUT2D eigenvalue weighted by Gasteiger charge is -2.30. The molecule has 8 nitrogen and oxygen atoms in total. The van der Waals surface area contributed by atoms with Crippen LogP contribution in [0.4, 0.5) is 11.8 Å². The molecule has 2 aromatic heterocycles. The van der Waals surface area contributed by atoms with Crippen molar-refractivity contribution in [3.05, 3.63) is 34.7 Å². The minimum atomic E-state index is -0.717. The Kier molecular flexibility index (Phi) is 4.82. The maximum Gasteiger partial charge on any atom is 0.306 e. The first-order valence-electron chi connectivity index (χ1n) is 9.95. The van der Waals surface area contributed by atoms with Crippen LogP contribution in [-0.2, 0) is 11.3 Å². The van der Waals surface area contributed by atoms with Gasteiger partial charge < -0.3 is 24.8 Å². The predicted octanol–water partition coefficient (Wildman–Crippen LogP) is 3.64. The van der Waals surface area contributed by atoms with E-state index in [0.29, 0.717) is 38.4 Å². The van der Waals surface area contributed by atoms with Crippen LogP contribution in [0.25, 0.3) is 10.2 Å². The highest BCUT2D eigenvalue weighted by Crippen LogP contribution is 2.34. The minimum Gasteiger partial charge on any atom is -0.481 e. The average molecular weight is 426 g/mol. The van der Waals surface area contributed by atoms with Gasteiger partial charge in [-0.25, -0.2) is 4.98 Å². The van der Waals surface area contributed by atoms with Crippen LogP contribution in [0.1, 0.15) is 23.3 Å². The van der Waals surface area contributed by atoms with Gasteiger partial charge in [0.2, 0.25) is 12.7 Å². The van der Waals surface area contributed by atoms with Crippen molar-refractivity contribution in [2.75, 3.05) is 30.1 Å². The molecule has 0 radical (unpaired) electrons. The lowest BCUT2D eigenvalue weighted by molar-refractivity contribution is -0.142. The van der Waals surface area contributed by atoms with Crippen LogP contribution in [-0.4, -0.2) is 40.9 Å². The zero-order valence-corrected chi connectivity index (χ0v) is 17.4. The molecular formula is C21H22N4O4S. The molecule has 0 atom stereocenters. The van der Waals surface area contributed by atoms with Gasteiger partial charge in [0.05, 0.1) is 11.3 Å². The molecule has 0 unspecified atom stereocenters. The smallest absolute Gasteiger partial charge is 0.306 e. The number of hydrogen-bond donors (Lipinski definition) is 2. The number of anilines is 2. The van der Waals surface area contributed by atoms with Gasteiger partial charge in [0, 0.05) is 24.5 Å². The molecule has 2 aliphatic heterocycles. The summed E-state index contributed by atoms with van der Waals surface area (Å²) in [6, 6.07) is 8.00. The Balaban J connectivity index is 1.39. The molecular weight excluding hydrogens is 404 g/mol. The molecule has 0 amide bonds. The molecule has 1 fully saturated rings. The third-order valence-corrected chi connectivity index (χ3v) is 6.47. The van der Waals surface area contributed by atoms with Crippen LogP contribution in [0.5, 0.6) is 11.5 Å². The fourth-order valence-electron chi connectivity index (χ4n) is 3.87. The first-order valence-corrected chi connectivity index (χ1v) is 10.8. The molecule has 30 heavy (non-hydrogen) atoms. The third kappa shape index (κ3) is 3.60. The Morgan fingerprint density at radius 1 is 1.23 bits per heavy atom. The Bertz CT molecular complexity index is 1110. The third-order valence-electron chi connectivity index (χ3n) is 5.53. The highest BCUT2D eigenvalue weighted by molar-refractivity contribution is 7.18. The molecule has 0 bridgehead atoms. The number of carbonyl (C=O) groups is 1. The largest absolute Gasteiger partial charge is 0.481 e. The number of ether oxygens (including phenoxy) is 2. The van der Waals surface area contributed by atoms with Crippen LogP contribution >= 0.6 is 11.3 Å². The van der Waals surface area contributed by atoms with Crippen molar-refractivity contribution >= 4 is 39.3 Å². The van der Waals surface area contributed by atoms with Crippen molar-refractivity contribution in [3.63, 3.8) is 0 Å². The quantitative estimate of drug-likeness (QED) is 0.638. The summed E-state index contributed by atoms with van der Waals surface area (Å²) < 4.78 is 10.8. The van der Waals surface area contributed by atoms with E-state index in [1.165, 1.54) is 4.88 Å². The fourth-order valence-corrected chi connectivity index (χ4v) is 4.74. The van der Waals surface area contributed by atoms with Gasteiger partial charge in [-0.1, -0.05) is 6.07 Å². The number of nitrogens with zero attached hydrogens (tertiary/aromatic N) is 3. The minimum absolute atomic E-state index is 0.259. The molecule has 1 aromatic carbocycles. The number of aryl methyl sites for hydroxylation is 1. The topological polar surface area (TPSA) is 96.8 Å². The summed E-state index contributed by atoms with van der Waals surface area (Å²) in [7, 11) is 0. The van der Waals surface area contributed by atoms with E-state index in [1.54, 1.807) is 11.3 Å². The standard InChI is InChI=1S/C21H22N4O4S/c1-12-8-15-18(22-10-13-2-3-16-17(9-13)29-11-28-16)23-21(24-19(15)30-12)25-6-4-14(5-7-25)20(26)27/h2-3,8-9,14H,4-7,10-11H2,1H3,(H,26,27)(H,22,23,24). The normalized spacial score (nSPS) is 16.2. The molecule has 5 rings (SSSR count). The van der Waals surface area contributed by atoms with E-state index < -0.39 is 5.97 Å². The second kappa shape index (κ2) is 7.64. The molecule has 2 N–H and O–H groups in total. The number of aromatic nitrogens is 2. The van der Waals surface area contributed by atoms with Gasteiger partial charge in [0.1, 0.15) is 10.6 Å². The predicted molar refractivity (Wildman–Crippen MR) is 115 cm³/mol. The Hall–Kier alpha value is -3.07. The summed E-state index contributed by atoms with van der Waals surface area (Å²) in [5.74, 6) is 1.97. The zero-order valence-electron chi connectivity index (χ0n) is 16.6. The summed E-state index contributed by atoms with van der Waals surface area (Å²) in [6.45, 7) is 4.21. The number of carboxylic acid groups (broad SMARTS) is 1. The van der Waals surface area contributed by atoms with Crippen molar-refractivity contribution in [2.24, 2.45) is 5.92 Å². The van der Waals surface area contributed by atoms with Crippen molar-refractivity contribution in [2.45, 2.75) is 26.3 Å². The summed E-state index contributed by atoms with van der Waals surface area (Å²) in [5, 5.41) is 13.7. The number of carboxylic acids is 1. The Morgan fingerprint density at radius 3 is 2.83 bits per heavy atom. The highest BCUT2D eigenvalue weighted by Gasteiger charge is 2.26. The van der Waals surface area contributed by atoms with E-state index in [1.807, 2.05) is 18.2 Å². The molecule has 3 aromatic rings. The van der Waals surface area contributed by atoms with E-state index in [9.17, 15) is 9.90 Å². The summed E-state index contributed by atoms with van der Waals surface area (Å²) in [5.41, 5.74) is 1.07. The average Bonchev–Trinajstić information content (AvgIpc) is 3.37. The number of aliphatic carboxylic acids is 1. The Labute approximate surface area is 177 Å². The van der Waals surface area contributed by atoms with Gasteiger partial charge in [-0.2, -0.15) is 4.98 Å². The van der Waals surface area contributed by atoms with Gasteiger partial charge in [-0.3, -0.25) is 4.79 Å². The van der Waals surface area contributed by atoms with Crippen molar-refractivity contribution in [1.82, 2.24) is 9.97 Å². The monoisotopic (exact) mass is 426 g/mol.